The maximum absolute atomic E-state index is 12.6. The molecule has 4 rings (SSSR count). The number of carbonyl (C=O) groups is 1. The highest BCUT2D eigenvalue weighted by atomic mass is 16.2. The van der Waals surface area contributed by atoms with Gasteiger partial charge in [0.05, 0.1) is 10.9 Å². The highest BCUT2D eigenvalue weighted by Gasteiger charge is 2.22. The fourth-order valence-electron chi connectivity index (χ4n) is 4.15. The third-order valence-electron chi connectivity index (χ3n) is 5.80. The van der Waals surface area contributed by atoms with E-state index in [1.165, 1.54) is 5.56 Å². The van der Waals surface area contributed by atoms with E-state index in [-0.39, 0.29) is 11.5 Å². The number of likely N-dealkylation sites (tertiary alicyclic amines) is 1. The van der Waals surface area contributed by atoms with Crippen molar-refractivity contribution in [1.29, 1.82) is 0 Å². The molecular formula is C24H27N3O2. The summed E-state index contributed by atoms with van der Waals surface area (Å²) in [6.45, 7) is 1.70. The number of hydrogen-bond acceptors (Lipinski definition) is 3. The second kappa shape index (κ2) is 9.03. The van der Waals surface area contributed by atoms with E-state index in [0.717, 1.165) is 32.4 Å². The first kappa shape index (κ1) is 19.4. The Kier molecular flexibility index (Phi) is 6.03. The van der Waals surface area contributed by atoms with Gasteiger partial charge in [-0.1, -0.05) is 42.5 Å². The molecule has 0 bridgehead atoms. The molecular weight excluding hydrogens is 362 g/mol. The monoisotopic (exact) mass is 389 g/mol. The normalized spacial score (nSPS) is 15.0. The molecule has 0 unspecified atom stereocenters. The van der Waals surface area contributed by atoms with Crippen molar-refractivity contribution in [1.82, 2.24) is 14.9 Å². The van der Waals surface area contributed by atoms with Gasteiger partial charge in [-0.2, -0.15) is 0 Å². The van der Waals surface area contributed by atoms with E-state index in [0.29, 0.717) is 41.9 Å². The molecule has 1 amide bonds. The number of piperidine rings is 1. The van der Waals surface area contributed by atoms with Gasteiger partial charge in [0.25, 0.3) is 5.56 Å². The van der Waals surface area contributed by atoms with Crippen LogP contribution >= 0.6 is 0 Å². The van der Waals surface area contributed by atoms with Crippen LogP contribution in [-0.2, 0) is 17.6 Å². The first-order valence-corrected chi connectivity index (χ1v) is 10.5. The minimum absolute atomic E-state index is 0.114. The molecule has 0 saturated carbocycles. The van der Waals surface area contributed by atoms with Gasteiger partial charge in [0.2, 0.25) is 5.91 Å². The van der Waals surface area contributed by atoms with E-state index in [1.807, 2.05) is 29.2 Å². The number of aryl methyl sites for hydroxylation is 1. The summed E-state index contributed by atoms with van der Waals surface area (Å²) < 4.78 is 0. The Bertz CT molecular complexity index is 1020. The molecule has 0 aliphatic carbocycles. The molecule has 1 saturated heterocycles. The lowest BCUT2D eigenvalue weighted by atomic mass is 9.90. The van der Waals surface area contributed by atoms with Crippen molar-refractivity contribution in [3.63, 3.8) is 0 Å². The Hall–Kier alpha value is -2.95. The minimum atomic E-state index is -0.114. The van der Waals surface area contributed by atoms with Crippen LogP contribution in [-0.4, -0.2) is 33.9 Å². The van der Waals surface area contributed by atoms with Gasteiger partial charge < -0.3 is 9.88 Å². The average Bonchev–Trinajstić information content (AvgIpc) is 2.75. The van der Waals surface area contributed by atoms with Crippen LogP contribution in [0.15, 0.2) is 59.4 Å². The van der Waals surface area contributed by atoms with Crippen molar-refractivity contribution in [3.05, 3.63) is 76.3 Å². The second-order valence-corrected chi connectivity index (χ2v) is 7.90. The molecule has 3 aromatic rings. The SMILES string of the molecule is O=C(CCCc1nc2ccccc2c(=O)[nH]1)N1CCC(Cc2ccccc2)CC1. The highest BCUT2D eigenvalue weighted by Crippen LogP contribution is 2.22. The van der Waals surface area contributed by atoms with E-state index >= 15 is 0 Å². The zero-order chi connectivity index (χ0) is 20.1. The summed E-state index contributed by atoms with van der Waals surface area (Å²) in [6.07, 6.45) is 5.05. The van der Waals surface area contributed by atoms with Crippen LogP contribution in [0.25, 0.3) is 10.9 Å². The van der Waals surface area contributed by atoms with E-state index in [4.69, 9.17) is 0 Å². The number of amides is 1. The number of para-hydroxylation sites is 1. The van der Waals surface area contributed by atoms with Gasteiger partial charge in [-0.25, -0.2) is 4.98 Å². The van der Waals surface area contributed by atoms with Crippen molar-refractivity contribution >= 4 is 16.8 Å². The molecule has 29 heavy (non-hydrogen) atoms. The summed E-state index contributed by atoms with van der Waals surface area (Å²) in [7, 11) is 0. The fourth-order valence-corrected chi connectivity index (χ4v) is 4.15. The third kappa shape index (κ3) is 4.91. The third-order valence-corrected chi connectivity index (χ3v) is 5.80. The maximum atomic E-state index is 12.6. The lowest BCUT2D eigenvalue weighted by Crippen LogP contribution is -2.38. The number of fused-ring (bicyclic) bond motifs is 1. The predicted molar refractivity (Wildman–Crippen MR) is 115 cm³/mol. The molecule has 2 heterocycles. The Morgan fingerprint density at radius 1 is 1.03 bits per heavy atom. The van der Waals surface area contributed by atoms with Crippen molar-refractivity contribution in [2.24, 2.45) is 5.92 Å². The van der Waals surface area contributed by atoms with Crippen molar-refractivity contribution in [2.45, 2.75) is 38.5 Å². The molecule has 1 N–H and O–H groups in total. The van der Waals surface area contributed by atoms with E-state index in [9.17, 15) is 9.59 Å². The zero-order valence-electron chi connectivity index (χ0n) is 16.6. The van der Waals surface area contributed by atoms with Crippen LogP contribution < -0.4 is 5.56 Å². The summed E-state index contributed by atoms with van der Waals surface area (Å²) in [5.41, 5.74) is 1.98. The first-order chi connectivity index (χ1) is 14.2. The molecule has 1 aliphatic rings. The number of nitrogens with zero attached hydrogens (tertiary/aromatic N) is 2. The lowest BCUT2D eigenvalue weighted by Gasteiger charge is -2.32. The molecule has 0 radical (unpaired) electrons. The van der Waals surface area contributed by atoms with Gasteiger partial charge in [-0.15, -0.1) is 0 Å². The average molecular weight is 389 g/mol. The van der Waals surface area contributed by atoms with Crippen molar-refractivity contribution in [2.75, 3.05) is 13.1 Å². The number of benzene rings is 2. The molecule has 1 aliphatic heterocycles. The van der Waals surface area contributed by atoms with Crippen LogP contribution in [0.1, 0.15) is 37.1 Å². The largest absolute Gasteiger partial charge is 0.343 e. The van der Waals surface area contributed by atoms with Gasteiger partial charge in [0.15, 0.2) is 0 Å². The topological polar surface area (TPSA) is 66.1 Å². The Balaban J connectivity index is 1.24. The number of carbonyl (C=O) groups excluding carboxylic acids is 1. The standard InChI is InChI=1S/C24H27N3O2/c28-23(27-15-13-19(14-16-27)17-18-7-2-1-3-8-18)12-6-11-22-25-21-10-5-4-9-20(21)24(29)26-22/h1-5,7-10,19H,6,11-17H2,(H,25,26,29). The molecule has 1 aromatic heterocycles. The molecule has 1 fully saturated rings. The Labute approximate surface area is 170 Å². The number of nitrogens with one attached hydrogen (secondary N) is 1. The number of H-pyrrole nitrogens is 1. The van der Waals surface area contributed by atoms with Crippen LogP contribution in [0.4, 0.5) is 0 Å². The van der Waals surface area contributed by atoms with Gasteiger partial charge in [-0.3, -0.25) is 9.59 Å². The van der Waals surface area contributed by atoms with Crippen molar-refractivity contribution < 1.29 is 4.79 Å². The number of rotatable bonds is 6. The van der Waals surface area contributed by atoms with Gasteiger partial charge in [0, 0.05) is 25.9 Å². The smallest absolute Gasteiger partial charge is 0.258 e. The predicted octanol–water partition coefficient (Wildman–Crippen LogP) is 3.73. The van der Waals surface area contributed by atoms with Gasteiger partial charge in [0.1, 0.15) is 5.82 Å². The summed E-state index contributed by atoms with van der Waals surface area (Å²) in [5, 5.41) is 0.603. The Morgan fingerprint density at radius 3 is 2.55 bits per heavy atom. The van der Waals surface area contributed by atoms with E-state index < -0.39 is 0 Å². The van der Waals surface area contributed by atoms with Gasteiger partial charge >= 0.3 is 0 Å². The van der Waals surface area contributed by atoms with Crippen molar-refractivity contribution in [3.8, 4) is 0 Å². The summed E-state index contributed by atoms with van der Waals surface area (Å²) in [6, 6.07) is 17.9. The van der Waals surface area contributed by atoms with Crippen LogP contribution in [0.3, 0.4) is 0 Å². The second-order valence-electron chi connectivity index (χ2n) is 7.90. The molecule has 5 heteroatoms. The number of aromatic nitrogens is 2. The van der Waals surface area contributed by atoms with Crippen LogP contribution in [0, 0.1) is 5.92 Å². The maximum Gasteiger partial charge on any atom is 0.258 e. The van der Waals surface area contributed by atoms with E-state index in [2.05, 4.69) is 34.2 Å². The first-order valence-electron chi connectivity index (χ1n) is 10.5. The molecule has 0 atom stereocenters. The van der Waals surface area contributed by atoms with E-state index in [1.54, 1.807) is 6.07 Å². The molecule has 0 spiro atoms. The molecule has 2 aromatic carbocycles. The number of hydrogen-bond donors (Lipinski definition) is 1. The molecule has 150 valence electrons. The highest BCUT2D eigenvalue weighted by molar-refractivity contribution is 5.77. The van der Waals surface area contributed by atoms with Gasteiger partial charge in [-0.05, 0) is 49.3 Å². The minimum Gasteiger partial charge on any atom is -0.343 e. The Morgan fingerprint density at radius 2 is 1.76 bits per heavy atom. The quantitative estimate of drug-likeness (QED) is 0.699. The molecule has 5 nitrogen and oxygen atoms in total. The van der Waals surface area contributed by atoms with Crippen LogP contribution in [0.2, 0.25) is 0 Å². The summed E-state index contributed by atoms with van der Waals surface area (Å²) in [4.78, 5) is 34.1. The van der Waals surface area contributed by atoms with Crippen LogP contribution in [0.5, 0.6) is 0 Å². The fraction of sp³-hybridized carbons (Fsp3) is 0.375. The summed E-state index contributed by atoms with van der Waals surface area (Å²) in [5.74, 6) is 1.53. The summed E-state index contributed by atoms with van der Waals surface area (Å²) >= 11 is 0. The lowest BCUT2D eigenvalue weighted by molar-refractivity contribution is -0.132. The zero-order valence-corrected chi connectivity index (χ0v) is 16.6. The number of aromatic amines is 1.